The second-order valence-corrected chi connectivity index (χ2v) is 5.26. The van der Waals surface area contributed by atoms with Gasteiger partial charge in [0.25, 0.3) is 0 Å². The van der Waals surface area contributed by atoms with E-state index in [0.29, 0.717) is 11.5 Å². The fraction of sp³-hybridized carbons (Fsp3) is 0.462. The molecular weight excluding hydrogens is 262 g/mol. The maximum atomic E-state index is 11.5. The molecule has 1 rings (SSSR count). The van der Waals surface area contributed by atoms with E-state index in [1.54, 1.807) is 32.9 Å². The van der Waals surface area contributed by atoms with Gasteiger partial charge in [0.15, 0.2) is 0 Å². The summed E-state index contributed by atoms with van der Waals surface area (Å²) in [6.07, 6.45) is 0.844. The smallest absolute Gasteiger partial charge is 0.413 e. The molecule has 1 unspecified atom stereocenters. The van der Waals surface area contributed by atoms with E-state index in [1.165, 1.54) is 13.1 Å². The number of pyridine rings is 1. The standard InChI is InChI=1S/C13H19N3O4/c1-8(11(17)18)15-9-5-6-10(14-7-9)16-12(19)20-13(2,3)4/h5-8,15H,1-4H3,(H,17,18)(H,14,16,19). The molecule has 1 atom stereocenters. The molecule has 20 heavy (non-hydrogen) atoms. The van der Waals surface area contributed by atoms with Crippen molar-refractivity contribution in [1.82, 2.24) is 4.98 Å². The Balaban J connectivity index is 2.59. The van der Waals surface area contributed by atoms with Crippen molar-refractivity contribution < 1.29 is 19.4 Å². The SMILES string of the molecule is CC(Nc1ccc(NC(=O)OC(C)(C)C)nc1)C(=O)O. The summed E-state index contributed by atoms with van der Waals surface area (Å²) < 4.78 is 5.08. The number of ether oxygens (including phenoxy) is 1. The molecular formula is C13H19N3O4. The first-order valence-electron chi connectivity index (χ1n) is 6.13. The zero-order valence-electron chi connectivity index (χ0n) is 11.9. The van der Waals surface area contributed by atoms with Crippen LogP contribution in [0, 0.1) is 0 Å². The van der Waals surface area contributed by atoms with Crippen molar-refractivity contribution in [3.63, 3.8) is 0 Å². The molecule has 0 aliphatic carbocycles. The van der Waals surface area contributed by atoms with Crippen LogP contribution in [0.5, 0.6) is 0 Å². The van der Waals surface area contributed by atoms with Gasteiger partial charge >= 0.3 is 12.1 Å². The molecule has 0 aliphatic heterocycles. The third-order valence-electron chi connectivity index (χ3n) is 2.15. The summed E-state index contributed by atoms with van der Waals surface area (Å²) in [5.41, 5.74) is -0.0303. The average molecular weight is 281 g/mol. The second-order valence-electron chi connectivity index (χ2n) is 5.26. The molecule has 1 heterocycles. The number of nitrogens with one attached hydrogen (secondary N) is 2. The number of hydrogen-bond acceptors (Lipinski definition) is 5. The van der Waals surface area contributed by atoms with E-state index in [2.05, 4.69) is 15.6 Å². The van der Waals surface area contributed by atoms with Gasteiger partial charge in [-0.15, -0.1) is 0 Å². The largest absolute Gasteiger partial charge is 0.480 e. The highest BCUT2D eigenvalue weighted by Crippen LogP contribution is 2.13. The summed E-state index contributed by atoms with van der Waals surface area (Å²) in [6.45, 7) is 6.82. The predicted octanol–water partition coefficient (Wildman–Crippen LogP) is 2.31. The van der Waals surface area contributed by atoms with Gasteiger partial charge in [-0.05, 0) is 39.8 Å². The van der Waals surface area contributed by atoms with Gasteiger partial charge < -0.3 is 15.2 Å². The molecule has 0 saturated carbocycles. The third kappa shape index (κ3) is 5.55. The number of anilines is 2. The van der Waals surface area contributed by atoms with Crippen molar-refractivity contribution in [2.75, 3.05) is 10.6 Å². The third-order valence-corrected chi connectivity index (χ3v) is 2.15. The van der Waals surface area contributed by atoms with Gasteiger partial charge in [0.05, 0.1) is 11.9 Å². The van der Waals surface area contributed by atoms with Crippen molar-refractivity contribution in [2.45, 2.75) is 39.3 Å². The molecule has 7 heteroatoms. The number of aliphatic carboxylic acids is 1. The van der Waals surface area contributed by atoms with Crippen molar-refractivity contribution in [3.05, 3.63) is 18.3 Å². The Hall–Kier alpha value is -2.31. The molecule has 0 aromatic carbocycles. The van der Waals surface area contributed by atoms with Gasteiger partial charge in [0.1, 0.15) is 17.5 Å². The number of carboxylic acids is 1. The Labute approximate surface area is 117 Å². The van der Waals surface area contributed by atoms with Crippen molar-refractivity contribution in [1.29, 1.82) is 0 Å². The van der Waals surface area contributed by atoms with E-state index in [4.69, 9.17) is 9.84 Å². The first-order valence-corrected chi connectivity index (χ1v) is 6.13. The van der Waals surface area contributed by atoms with Crippen molar-refractivity contribution in [3.8, 4) is 0 Å². The summed E-state index contributed by atoms with van der Waals surface area (Å²) in [6, 6.07) is 2.46. The number of nitrogens with zero attached hydrogens (tertiary/aromatic N) is 1. The van der Waals surface area contributed by atoms with E-state index < -0.39 is 23.7 Å². The molecule has 1 amide bonds. The van der Waals surface area contributed by atoms with Crippen LogP contribution >= 0.6 is 0 Å². The summed E-state index contributed by atoms with van der Waals surface area (Å²) >= 11 is 0. The number of hydrogen-bond donors (Lipinski definition) is 3. The summed E-state index contributed by atoms with van der Waals surface area (Å²) in [4.78, 5) is 26.2. The molecule has 0 spiro atoms. The van der Waals surface area contributed by atoms with Crippen molar-refractivity contribution in [2.24, 2.45) is 0 Å². The van der Waals surface area contributed by atoms with E-state index in [0.717, 1.165) is 0 Å². The molecule has 1 aromatic heterocycles. The molecule has 0 saturated heterocycles. The summed E-state index contributed by atoms with van der Waals surface area (Å²) in [5.74, 6) is -0.631. The van der Waals surface area contributed by atoms with Gasteiger partial charge in [-0.3, -0.25) is 10.1 Å². The summed E-state index contributed by atoms with van der Waals surface area (Å²) in [7, 11) is 0. The average Bonchev–Trinajstić information content (AvgIpc) is 2.28. The van der Waals surface area contributed by atoms with E-state index in [1.807, 2.05) is 0 Å². The lowest BCUT2D eigenvalue weighted by Gasteiger charge is -2.19. The Bertz CT molecular complexity index is 479. The first kappa shape index (κ1) is 15.7. The zero-order valence-corrected chi connectivity index (χ0v) is 11.9. The van der Waals surface area contributed by atoms with Crippen LogP contribution in [0.25, 0.3) is 0 Å². The molecule has 1 aromatic rings. The van der Waals surface area contributed by atoms with Gasteiger partial charge in [0.2, 0.25) is 0 Å². The number of rotatable bonds is 4. The maximum absolute atomic E-state index is 11.5. The Kier molecular flexibility index (Phi) is 4.90. The van der Waals surface area contributed by atoms with Crippen LogP contribution in [-0.2, 0) is 9.53 Å². The molecule has 110 valence electrons. The van der Waals surface area contributed by atoms with Gasteiger partial charge in [-0.1, -0.05) is 0 Å². The number of carbonyl (C=O) groups excluding carboxylic acids is 1. The van der Waals surface area contributed by atoms with Gasteiger partial charge in [-0.25, -0.2) is 9.78 Å². The minimum Gasteiger partial charge on any atom is -0.480 e. The second kappa shape index (κ2) is 6.23. The highest BCUT2D eigenvalue weighted by Gasteiger charge is 2.16. The van der Waals surface area contributed by atoms with Crippen molar-refractivity contribution >= 4 is 23.6 Å². The van der Waals surface area contributed by atoms with Crippen LogP contribution in [-0.4, -0.2) is 33.8 Å². The fourth-order valence-corrected chi connectivity index (χ4v) is 1.27. The maximum Gasteiger partial charge on any atom is 0.413 e. The highest BCUT2D eigenvalue weighted by atomic mass is 16.6. The minimum absolute atomic E-state index is 0.327. The van der Waals surface area contributed by atoms with E-state index >= 15 is 0 Å². The minimum atomic E-state index is -0.957. The molecule has 7 nitrogen and oxygen atoms in total. The van der Waals surface area contributed by atoms with Crippen LogP contribution < -0.4 is 10.6 Å². The normalized spacial score (nSPS) is 12.4. The molecule has 0 radical (unpaired) electrons. The van der Waals surface area contributed by atoms with Gasteiger partial charge in [0, 0.05) is 0 Å². The predicted molar refractivity (Wildman–Crippen MR) is 74.8 cm³/mol. The number of amides is 1. The van der Waals surface area contributed by atoms with E-state index in [9.17, 15) is 9.59 Å². The van der Waals surface area contributed by atoms with Gasteiger partial charge in [-0.2, -0.15) is 0 Å². The lowest BCUT2D eigenvalue weighted by Crippen LogP contribution is -2.27. The lowest BCUT2D eigenvalue weighted by atomic mass is 10.2. The first-order chi connectivity index (χ1) is 9.17. The van der Waals surface area contributed by atoms with Crippen LogP contribution in [0.15, 0.2) is 18.3 Å². The summed E-state index contributed by atoms with van der Waals surface area (Å²) in [5, 5.41) is 14.0. The van der Waals surface area contributed by atoms with Crippen LogP contribution in [0.1, 0.15) is 27.7 Å². The fourth-order valence-electron chi connectivity index (χ4n) is 1.27. The lowest BCUT2D eigenvalue weighted by molar-refractivity contribution is -0.137. The monoisotopic (exact) mass is 281 g/mol. The number of aromatic nitrogens is 1. The number of carboxylic acid groups (broad SMARTS) is 1. The Morgan fingerprint density at radius 2 is 2.00 bits per heavy atom. The molecule has 3 N–H and O–H groups in total. The number of carbonyl (C=O) groups is 2. The molecule has 0 fully saturated rings. The molecule has 0 aliphatic rings. The highest BCUT2D eigenvalue weighted by molar-refractivity contribution is 5.83. The quantitative estimate of drug-likeness (QED) is 0.783. The van der Waals surface area contributed by atoms with E-state index in [-0.39, 0.29) is 0 Å². The van der Waals surface area contributed by atoms with Crippen LogP contribution in [0.2, 0.25) is 0 Å². The van der Waals surface area contributed by atoms with Crippen LogP contribution in [0.4, 0.5) is 16.3 Å². The Morgan fingerprint density at radius 1 is 1.35 bits per heavy atom. The topological polar surface area (TPSA) is 101 Å². The zero-order chi connectivity index (χ0) is 15.3. The Morgan fingerprint density at radius 3 is 2.45 bits per heavy atom. The molecule has 0 bridgehead atoms. The van der Waals surface area contributed by atoms with Crippen LogP contribution in [0.3, 0.4) is 0 Å².